The van der Waals surface area contributed by atoms with Crippen molar-refractivity contribution in [2.75, 3.05) is 5.73 Å². The van der Waals surface area contributed by atoms with Crippen molar-refractivity contribution in [2.24, 2.45) is 7.05 Å². The first-order chi connectivity index (χ1) is 5.68. The van der Waals surface area contributed by atoms with E-state index in [1.165, 1.54) is 0 Å². The minimum Gasteiger partial charge on any atom is -0.398 e. The lowest BCUT2D eigenvalue weighted by Crippen LogP contribution is -1.90. The molecule has 0 unspecified atom stereocenters. The quantitative estimate of drug-likeness (QED) is 0.594. The number of anilines is 1. The number of aromatic nitrogens is 2. The summed E-state index contributed by atoms with van der Waals surface area (Å²) < 4.78 is 1.80. The molecule has 1 aromatic heterocycles. The van der Waals surface area contributed by atoms with Crippen molar-refractivity contribution >= 4 is 16.6 Å². The minimum atomic E-state index is 0.807. The van der Waals surface area contributed by atoms with Crippen LogP contribution in [0.25, 0.3) is 10.9 Å². The summed E-state index contributed by atoms with van der Waals surface area (Å²) in [6.45, 7) is 1.99. The molecule has 0 atom stereocenters. The number of aryl methyl sites for hydroxylation is 2. The van der Waals surface area contributed by atoms with E-state index in [0.717, 1.165) is 22.2 Å². The molecule has 0 bridgehead atoms. The van der Waals surface area contributed by atoms with Gasteiger partial charge in [-0.15, -0.1) is 0 Å². The molecule has 3 heteroatoms. The molecule has 1 aromatic carbocycles. The molecule has 0 radical (unpaired) electrons. The van der Waals surface area contributed by atoms with Crippen LogP contribution in [0.15, 0.2) is 18.3 Å². The Bertz CT molecular complexity index is 429. The van der Waals surface area contributed by atoms with Crippen LogP contribution in [0.1, 0.15) is 5.56 Å². The standard InChI is InChI=1S/C9H11N3/c1-6-8(10)4-3-7-5-12(2)11-9(6)7/h3-5H,10H2,1-2H3. The summed E-state index contributed by atoms with van der Waals surface area (Å²) in [7, 11) is 1.91. The molecule has 0 aliphatic heterocycles. The average Bonchev–Trinajstić information content (AvgIpc) is 2.39. The van der Waals surface area contributed by atoms with Gasteiger partial charge in [-0.1, -0.05) is 0 Å². The normalized spacial score (nSPS) is 10.8. The molecule has 1 heterocycles. The molecular formula is C9H11N3. The second kappa shape index (κ2) is 2.24. The maximum absolute atomic E-state index is 5.75. The van der Waals surface area contributed by atoms with Gasteiger partial charge in [0.05, 0.1) is 5.52 Å². The van der Waals surface area contributed by atoms with E-state index in [1.54, 1.807) is 4.68 Å². The van der Waals surface area contributed by atoms with Crippen LogP contribution in [0.2, 0.25) is 0 Å². The van der Waals surface area contributed by atoms with Gasteiger partial charge < -0.3 is 5.73 Å². The Hall–Kier alpha value is -1.51. The largest absolute Gasteiger partial charge is 0.398 e. The predicted molar refractivity (Wildman–Crippen MR) is 49.9 cm³/mol. The molecule has 12 heavy (non-hydrogen) atoms. The van der Waals surface area contributed by atoms with Crippen molar-refractivity contribution < 1.29 is 0 Å². The van der Waals surface area contributed by atoms with Crippen LogP contribution in [-0.4, -0.2) is 9.78 Å². The monoisotopic (exact) mass is 161 g/mol. The van der Waals surface area contributed by atoms with Crippen molar-refractivity contribution in [1.29, 1.82) is 0 Å². The summed E-state index contributed by atoms with van der Waals surface area (Å²) in [5.74, 6) is 0. The molecule has 0 aliphatic carbocycles. The third-order valence-corrected chi connectivity index (χ3v) is 2.09. The third kappa shape index (κ3) is 0.863. The highest BCUT2D eigenvalue weighted by molar-refractivity contribution is 5.85. The Morgan fingerprint density at radius 1 is 1.42 bits per heavy atom. The number of benzene rings is 1. The fourth-order valence-electron chi connectivity index (χ4n) is 1.36. The first-order valence-corrected chi connectivity index (χ1v) is 3.87. The summed E-state index contributed by atoms with van der Waals surface area (Å²) in [6, 6.07) is 3.91. The predicted octanol–water partition coefficient (Wildman–Crippen LogP) is 1.46. The van der Waals surface area contributed by atoms with Crippen molar-refractivity contribution in [3.8, 4) is 0 Å². The second-order valence-corrected chi connectivity index (χ2v) is 3.02. The summed E-state index contributed by atoms with van der Waals surface area (Å²) in [6.07, 6.45) is 1.99. The van der Waals surface area contributed by atoms with Gasteiger partial charge >= 0.3 is 0 Å². The van der Waals surface area contributed by atoms with Crippen LogP contribution < -0.4 is 5.73 Å². The first kappa shape index (κ1) is 7.16. The number of rotatable bonds is 0. The summed E-state index contributed by atoms with van der Waals surface area (Å²) in [5.41, 5.74) is 8.61. The van der Waals surface area contributed by atoms with Crippen molar-refractivity contribution in [3.63, 3.8) is 0 Å². The van der Waals surface area contributed by atoms with E-state index in [2.05, 4.69) is 5.10 Å². The molecule has 0 aliphatic rings. The van der Waals surface area contributed by atoms with Crippen LogP contribution in [0, 0.1) is 6.92 Å². The van der Waals surface area contributed by atoms with Crippen molar-refractivity contribution in [1.82, 2.24) is 9.78 Å². The van der Waals surface area contributed by atoms with E-state index in [-0.39, 0.29) is 0 Å². The molecule has 2 aromatic rings. The van der Waals surface area contributed by atoms with Gasteiger partial charge in [-0.25, -0.2) is 0 Å². The lowest BCUT2D eigenvalue weighted by Gasteiger charge is -1.97. The minimum absolute atomic E-state index is 0.807. The molecule has 0 spiro atoms. The first-order valence-electron chi connectivity index (χ1n) is 3.87. The van der Waals surface area contributed by atoms with Gasteiger partial charge in [-0.2, -0.15) is 5.10 Å². The second-order valence-electron chi connectivity index (χ2n) is 3.02. The van der Waals surface area contributed by atoms with Crippen LogP contribution >= 0.6 is 0 Å². The SMILES string of the molecule is Cc1c(N)ccc2cn(C)nc12. The fourth-order valence-corrected chi connectivity index (χ4v) is 1.36. The van der Waals surface area contributed by atoms with Crippen LogP contribution in [0.4, 0.5) is 5.69 Å². The Morgan fingerprint density at radius 2 is 2.17 bits per heavy atom. The number of hydrogen-bond donors (Lipinski definition) is 1. The van der Waals surface area contributed by atoms with E-state index in [9.17, 15) is 0 Å². The highest BCUT2D eigenvalue weighted by Crippen LogP contribution is 2.21. The lowest BCUT2D eigenvalue weighted by molar-refractivity contribution is 0.779. The average molecular weight is 161 g/mol. The molecular weight excluding hydrogens is 150 g/mol. The van der Waals surface area contributed by atoms with Gasteiger partial charge in [0.25, 0.3) is 0 Å². The molecule has 0 fully saturated rings. The Balaban J connectivity index is 2.89. The summed E-state index contributed by atoms with van der Waals surface area (Å²) in [4.78, 5) is 0. The van der Waals surface area contributed by atoms with E-state index >= 15 is 0 Å². The third-order valence-electron chi connectivity index (χ3n) is 2.09. The zero-order valence-electron chi connectivity index (χ0n) is 7.20. The maximum atomic E-state index is 5.75. The number of hydrogen-bond acceptors (Lipinski definition) is 2. The van der Waals surface area contributed by atoms with Crippen LogP contribution in [0.3, 0.4) is 0 Å². The highest BCUT2D eigenvalue weighted by Gasteiger charge is 2.03. The van der Waals surface area contributed by atoms with Crippen molar-refractivity contribution in [3.05, 3.63) is 23.9 Å². The molecule has 2 N–H and O–H groups in total. The van der Waals surface area contributed by atoms with Crippen molar-refractivity contribution in [2.45, 2.75) is 6.92 Å². The zero-order valence-corrected chi connectivity index (χ0v) is 7.20. The van der Waals surface area contributed by atoms with Gasteiger partial charge in [0.2, 0.25) is 0 Å². The number of fused-ring (bicyclic) bond motifs is 1. The van der Waals surface area contributed by atoms with E-state index in [4.69, 9.17) is 5.73 Å². The Labute approximate surface area is 70.8 Å². The van der Waals surface area contributed by atoms with Gasteiger partial charge in [-0.05, 0) is 19.1 Å². The molecule has 2 rings (SSSR count). The van der Waals surface area contributed by atoms with Gasteiger partial charge in [0.15, 0.2) is 0 Å². The molecule has 0 saturated heterocycles. The molecule has 0 amide bonds. The Kier molecular flexibility index (Phi) is 1.33. The Morgan fingerprint density at radius 3 is 2.92 bits per heavy atom. The van der Waals surface area contributed by atoms with Gasteiger partial charge in [0.1, 0.15) is 0 Å². The zero-order chi connectivity index (χ0) is 8.72. The highest BCUT2D eigenvalue weighted by atomic mass is 15.2. The van der Waals surface area contributed by atoms with Crippen LogP contribution in [-0.2, 0) is 7.05 Å². The lowest BCUT2D eigenvalue weighted by atomic mass is 10.1. The molecule has 62 valence electrons. The number of nitrogens with zero attached hydrogens (tertiary/aromatic N) is 2. The van der Waals surface area contributed by atoms with E-state index in [0.29, 0.717) is 0 Å². The molecule has 0 saturated carbocycles. The van der Waals surface area contributed by atoms with Crippen LogP contribution in [0.5, 0.6) is 0 Å². The van der Waals surface area contributed by atoms with Gasteiger partial charge in [-0.3, -0.25) is 4.68 Å². The number of nitrogen functional groups attached to an aromatic ring is 1. The summed E-state index contributed by atoms with van der Waals surface area (Å²) in [5, 5.41) is 5.45. The smallest absolute Gasteiger partial charge is 0.0972 e. The fraction of sp³-hybridized carbons (Fsp3) is 0.222. The van der Waals surface area contributed by atoms with E-state index < -0.39 is 0 Å². The maximum Gasteiger partial charge on any atom is 0.0972 e. The topological polar surface area (TPSA) is 43.8 Å². The van der Waals surface area contributed by atoms with E-state index in [1.807, 2.05) is 32.3 Å². The summed E-state index contributed by atoms with van der Waals surface area (Å²) >= 11 is 0. The molecule has 3 nitrogen and oxygen atoms in total. The van der Waals surface area contributed by atoms with Gasteiger partial charge in [0, 0.05) is 29.9 Å². The number of nitrogens with two attached hydrogens (primary N) is 1.